The summed E-state index contributed by atoms with van der Waals surface area (Å²) < 4.78 is 3.73. The molecule has 1 saturated heterocycles. The molecule has 1 fully saturated rings. The number of aromatic nitrogens is 5. The van der Waals surface area contributed by atoms with Crippen molar-refractivity contribution in [3.05, 3.63) is 48.3 Å². The molecule has 7 heteroatoms. The van der Waals surface area contributed by atoms with Crippen LogP contribution in [0, 0.1) is 0 Å². The number of aryl methyl sites for hydroxylation is 1. The molecule has 130 valence electrons. The molecule has 1 aliphatic heterocycles. The second-order valence-corrected chi connectivity index (χ2v) is 6.57. The Morgan fingerprint density at radius 3 is 2.96 bits per heavy atom. The first-order chi connectivity index (χ1) is 12.2. The van der Waals surface area contributed by atoms with Gasteiger partial charge in [-0.1, -0.05) is 12.8 Å². The summed E-state index contributed by atoms with van der Waals surface area (Å²) in [5.74, 6) is 1.14. The van der Waals surface area contributed by atoms with Crippen molar-refractivity contribution < 1.29 is 4.79 Å². The van der Waals surface area contributed by atoms with E-state index in [1.807, 2.05) is 24.2 Å². The summed E-state index contributed by atoms with van der Waals surface area (Å²) in [4.78, 5) is 23.6. The van der Waals surface area contributed by atoms with Gasteiger partial charge in [-0.3, -0.25) is 4.79 Å². The minimum absolute atomic E-state index is 0.0870. The van der Waals surface area contributed by atoms with Crippen LogP contribution in [0.4, 0.5) is 0 Å². The maximum Gasteiger partial charge on any atom is 0.252 e. The van der Waals surface area contributed by atoms with E-state index in [4.69, 9.17) is 0 Å². The van der Waals surface area contributed by atoms with Crippen LogP contribution in [0.5, 0.6) is 0 Å². The Bertz CT molecular complexity index is 849. The maximum absolute atomic E-state index is 13.0. The van der Waals surface area contributed by atoms with Gasteiger partial charge in [-0.2, -0.15) is 4.98 Å². The van der Waals surface area contributed by atoms with E-state index in [0.29, 0.717) is 11.6 Å². The van der Waals surface area contributed by atoms with Gasteiger partial charge in [0.15, 0.2) is 5.82 Å². The zero-order chi connectivity index (χ0) is 17.2. The van der Waals surface area contributed by atoms with E-state index in [1.54, 1.807) is 23.0 Å². The van der Waals surface area contributed by atoms with Gasteiger partial charge < -0.3 is 9.47 Å². The average molecular weight is 338 g/mol. The number of carbonyl (C=O) groups is 1. The summed E-state index contributed by atoms with van der Waals surface area (Å²) in [7, 11) is 2.04. The number of carbonyl (C=O) groups excluding carboxylic acids is 1. The van der Waals surface area contributed by atoms with Gasteiger partial charge in [-0.25, -0.2) is 9.50 Å². The maximum atomic E-state index is 13.0. The van der Waals surface area contributed by atoms with Crippen molar-refractivity contribution in [1.29, 1.82) is 0 Å². The molecular weight excluding hydrogens is 316 g/mol. The highest BCUT2D eigenvalue weighted by molar-refractivity contribution is 5.78. The second-order valence-electron chi connectivity index (χ2n) is 6.57. The molecule has 1 aliphatic rings. The van der Waals surface area contributed by atoms with Crippen molar-refractivity contribution in [2.45, 2.75) is 38.1 Å². The van der Waals surface area contributed by atoms with Gasteiger partial charge in [0, 0.05) is 37.9 Å². The highest BCUT2D eigenvalue weighted by Crippen LogP contribution is 2.30. The van der Waals surface area contributed by atoms with Crippen LogP contribution in [-0.4, -0.2) is 41.5 Å². The van der Waals surface area contributed by atoms with Crippen LogP contribution in [0.25, 0.3) is 5.78 Å². The molecule has 3 aromatic rings. The van der Waals surface area contributed by atoms with E-state index >= 15 is 0 Å². The van der Waals surface area contributed by atoms with Crippen LogP contribution >= 0.6 is 0 Å². The number of likely N-dealkylation sites (tertiary alicyclic amines) is 1. The Balaban J connectivity index is 1.58. The van der Waals surface area contributed by atoms with Gasteiger partial charge in [0.1, 0.15) is 0 Å². The van der Waals surface area contributed by atoms with Crippen LogP contribution in [0.15, 0.2) is 36.8 Å². The largest absolute Gasteiger partial charge is 0.353 e. The molecule has 3 aromatic heterocycles. The number of amides is 1. The molecule has 25 heavy (non-hydrogen) atoms. The van der Waals surface area contributed by atoms with E-state index in [1.165, 1.54) is 12.1 Å². The van der Waals surface area contributed by atoms with Crippen molar-refractivity contribution in [2.24, 2.45) is 7.05 Å². The third kappa shape index (κ3) is 3.14. The molecule has 0 unspecified atom stereocenters. The number of rotatable bonds is 3. The lowest BCUT2D eigenvalue weighted by Crippen LogP contribution is -2.36. The van der Waals surface area contributed by atoms with Gasteiger partial charge in [-0.05, 0) is 31.0 Å². The van der Waals surface area contributed by atoms with E-state index in [-0.39, 0.29) is 18.4 Å². The van der Waals surface area contributed by atoms with Gasteiger partial charge in [-0.15, -0.1) is 5.10 Å². The quantitative estimate of drug-likeness (QED) is 0.734. The third-order valence-corrected chi connectivity index (χ3v) is 4.87. The molecular formula is C18H22N6O. The summed E-state index contributed by atoms with van der Waals surface area (Å²) in [6.45, 7) is 0.792. The number of fused-ring (bicyclic) bond motifs is 1. The van der Waals surface area contributed by atoms with Crippen molar-refractivity contribution in [3.63, 3.8) is 0 Å². The van der Waals surface area contributed by atoms with E-state index in [2.05, 4.69) is 25.7 Å². The van der Waals surface area contributed by atoms with Crippen LogP contribution in [0.3, 0.4) is 0 Å². The fourth-order valence-electron chi connectivity index (χ4n) is 3.62. The molecule has 4 heterocycles. The van der Waals surface area contributed by atoms with Crippen LogP contribution in [0.1, 0.15) is 43.2 Å². The van der Waals surface area contributed by atoms with Crippen molar-refractivity contribution >= 4 is 11.7 Å². The van der Waals surface area contributed by atoms with Crippen LogP contribution < -0.4 is 0 Å². The third-order valence-electron chi connectivity index (χ3n) is 4.87. The Morgan fingerprint density at radius 2 is 2.16 bits per heavy atom. The monoisotopic (exact) mass is 338 g/mol. The lowest BCUT2D eigenvalue weighted by molar-refractivity contribution is -0.133. The van der Waals surface area contributed by atoms with E-state index in [9.17, 15) is 4.79 Å². The Hall–Kier alpha value is -2.70. The van der Waals surface area contributed by atoms with Gasteiger partial charge in [0.05, 0.1) is 12.5 Å². The van der Waals surface area contributed by atoms with Crippen molar-refractivity contribution in [1.82, 2.24) is 29.0 Å². The average Bonchev–Trinajstić information content (AvgIpc) is 3.12. The number of hydrogen-bond acceptors (Lipinski definition) is 4. The zero-order valence-electron chi connectivity index (χ0n) is 14.4. The SMILES string of the molecule is Cn1cccc1[C@@H]1CCCCCN1C(=O)Cc1nc2ncccn2n1. The van der Waals surface area contributed by atoms with E-state index < -0.39 is 0 Å². The minimum atomic E-state index is 0.0870. The highest BCUT2D eigenvalue weighted by atomic mass is 16.2. The molecule has 0 N–H and O–H groups in total. The lowest BCUT2D eigenvalue weighted by Gasteiger charge is -2.30. The first-order valence-corrected chi connectivity index (χ1v) is 8.79. The van der Waals surface area contributed by atoms with Gasteiger partial charge in [0.25, 0.3) is 5.78 Å². The number of hydrogen-bond donors (Lipinski definition) is 0. The van der Waals surface area contributed by atoms with Crippen LogP contribution in [0.2, 0.25) is 0 Å². The normalized spacial score (nSPS) is 18.4. The first-order valence-electron chi connectivity index (χ1n) is 8.79. The minimum Gasteiger partial charge on any atom is -0.353 e. The van der Waals surface area contributed by atoms with Crippen LogP contribution in [-0.2, 0) is 18.3 Å². The predicted molar refractivity (Wildman–Crippen MR) is 92.8 cm³/mol. The Labute approximate surface area is 146 Å². The summed E-state index contributed by atoms with van der Waals surface area (Å²) in [5, 5.41) is 4.37. The summed E-state index contributed by atoms with van der Waals surface area (Å²) in [5.41, 5.74) is 1.19. The second kappa shape index (κ2) is 6.66. The van der Waals surface area contributed by atoms with Gasteiger partial charge >= 0.3 is 0 Å². The standard InChI is InChI=1S/C18H22N6O/c1-22-10-5-8-14(22)15-7-3-2-4-11-23(15)17(25)13-16-20-18-19-9-6-12-24(18)21-16/h5-6,8-10,12,15H,2-4,7,11,13H2,1H3/t15-/m0/s1. The smallest absolute Gasteiger partial charge is 0.252 e. The number of nitrogens with zero attached hydrogens (tertiary/aromatic N) is 6. The molecule has 0 aromatic carbocycles. The van der Waals surface area contributed by atoms with Crippen molar-refractivity contribution in [3.8, 4) is 0 Å². The lowest BCUT2D eigenvalue weighted by atomic mass is 10.1. The highest BCUT2D eigenvalue weighted by Gasteiger charge is 2.28. The molecule has 4 rings (SSSR count). The topological polar surface area (TPSA) is 68.3 Å². The van der Waals surface area contributed by atoms with Gasteiger partial charge in [0.2, 0.25) is 5.91 Å². The molecule has 1 amide bonds. The molecule has 1 atom stereocenters. The summed E-state index contributed by atoms with van der Waals surface area (Å²) >= 11 is 0. The van der Waals surface area contributed by atoms with E-state index in [0.717, 1.165) is 25.8 Å². The Kier molecular flexibility index (Phi) is 4.21. The molecule has 0 spiro atoms. The zero-order valence-corrected chi connectivity index (χ0v) is 14.4. The molecule has 0 saturated carbocycles. The molecule has 0 aliphatic carbocycles. The predicted octanol–water partition coefficient (Wildman–Crippen LogP) is 2.15. The fourth-order valence-corrected chi connectivity index (χ4v) is 3.62. The molecule has 7 nitrogen and oxygen atoms in total. The first kappa shape index (κ1) is 15.8. The summed E-state index contributed by atoms with van der Waals surface area (Å²) in [6, 6.07) is 6.08. The molecule has 0 bridgehead atoms. The fraction of sp³-hybridized carbons (Fsp3) is 0.444. The Morgan fingerprint density at radius 1 is 1.24 bits per heavy atom. The van der Waals surface area contributed by atoms with Crippen molar-refractivity contribution in [2.75, 3.05) is 6.54 Å². The summed E-state index contributed by atoms with van der Waals surface area (Å²) in [6.07, 6.45) is 10.1. The molecule has 0 radical (unpaired) electrons.